The molecule has 0 aliphatic carbocycles. The zero-order valence-corrected chi connectivity index (χ0v) is 23.4. The molecule has 0 aliphatic rings. The van der Waals surface area contributed by atoms with Crippen LogP contribution in [-0.2, 0) is 0 Å². The quantitative estimate of drug-likeness (QED) is 0.197. The molecule has 0 saturated heterocycles. The summed E-state index contributed by atoms with van der Waals surface area (Å²) in [5.41, 5.74) is 1.37. The Kier molecular flexibility index (Phi) is 16.1. The molecule has 4 heteroatoms. The molecule has 0 amide bonds. The van der Waals surface area contributed by atoms with Gasteiger partial charge in [-0.2, -0.15) is 0 Å². The van der Waals surface area contributed by atoms with E-state index in [2.05, 4.69) is 20.8 Å². The van der Waals surface area contributed by atoms with Gasteiger partial charge in [-0.05, 0) is 23.8 Å². The van der Waals surface area contributed by atoms with Gasteiger partial charge in [-0.25, -0.2) is 0 Å². The Morgan fingerprint density at radius 3 is 1.78 bits per heavy atom. The molecule has 1 radical (unpaired) electrons. The van der Waals surface area contributed by atoms with Gasteiger partial charge in [-0.15, -0.1) is 0 Å². The van der Waals surface area contributed by atoms with Gasteiger partial charge in [0.15, 0.2) is 0 Å². The van der Waals surface area contributed by atoms with E-state index in [0.29, 0.717) is 11.1 Å². The third-order valence-electron chi connectivity index (χ3n) is 5.49. The van der Waals surface area contributed by atoms with Crippen molar-refractivity contribution < 1.29 is 14.9 Å². The predicted octanol–water partition coefficient (Wildman–Crippen LogP) is 8.21. The molecule has 32 heavy (non-hydrogen) atoms. The van der Waals surface area contributed by atoms with Crippen molar-refractivity contribution in [3.8, 4) is 5.75 Å². The van der Waals surface area contributed by atoms with E-state index in [0.717, 1.165) is 5.75 Å². The summed E-state index contributed by atoms with van der Waals surface area (Å²) in [4.78, 5) is 0. The van der Waals surface area contributed by atoms with Crippen LogP contribution in [0.2, 0.25) is 13.3 Å². The van der Waals surface area contributed by atoms with Gasteiger partial charge >= 0.3 is 92.4 Å². The van der Waals surface area contributed by atoms with Crippen LogP contribution < -0.4 is 4.74 Å². The normalized spacial score (nSPS) is 12.2. The van der Waals surface area contributed by atoms with Crippen LogP contribution in [0.15, 0.2) is 60.7 Å². The Bertz CT molecular complexity index is 709. The second-order valence-electron chi connectivity index (χ2n) is 8.20. The fourth-order valence-corrected chi connectivity index (χ4v) is 12.9. The van der Waals surface area contributed by atoms with Gasteiger partial charge in [-0.1, -0.05) is 42.5 Å². The molecule has 2 aromatic carbocycles. The predicted molar refractivity (Wildman–Crippen MR) is 140 cm³/mol. The zero-order valence-electron chi connectivity index (χ0n) is 20.5. The molecule has 177 valence electrons. The van der Waals surface area contributed by atoms with Gasteiger partial charge in [0, 0.05) is 5.56 Å². The minimum absolute atomic E-state index is 0.0592. The molecule has 0 saturated carbocycles. The first kappa shape index (κ1) is 28.6. The van der Waals surface area contributed by atoms with Crippen molar-refractivity contribution in [1.29, 1.82) is 0 Å². The van der Waals surface area contributed by atoms with Gasteiger partial charge in [0.1, 0.15) is 17.6 Å². The van der Waals surface area contributed by atoms with E-state index in [1.807, 2.05) is 18.2 Å². The van der Waals surface area contributed by atoms with Gasteiger partial charge in [0.25, 0.3) is 0 Å². The number of rotatable bonds is 13. The average Bonchev–Trinajstić information content (AvgIpc) is 2.84. The van der Waals surface area contributed by atoms with E-state index in [-0.39, 0.29) is 5.76 Å². The fourth-order valence-electron chi connectivity index (χ4n) is 3.41. The maximum absolute atomic E-state index is 10.0. The van der Waals surface area contributed by atoms with E-state index >= 15 is 0 Å². The Hall–Kier alpha value is -1.46. The molecule has 0 heterocycles. The summed E-state index contributed by atoms with van der Waals surface area (Å²) in [6, 6.07) is 16.2. The minimum Gasteiger partial charge on any atom is -0.508 e. The summed E-state index contributed by atoms with van der Waals surface area (Å²) in [7, 11) is 1.59. The SMILES string of the molecule is CCC[CH2][Sn]([CH2]CCC)[CH2]CCC.COc1ccc(C(O)/C=C(\O)c2ccccc2)cc1. The number of methoxy groups -OCH3 is 1. The van der Waals surface area contributed by atoms with Crippen molar-refractivity contribution in [1.82, 2.24) is 0 Å². The van der Waals surface area contributed by atoms with Crippen molar-refractivity contribution in [3.63, 3.8) is 0 Å². The van der Waals surface area contributed by atoms with Crippen LogP contribution in [0.3, 0.4) is 0 Å². The number of hydrogen-bond donors (Lipinski definition) is 2. The zero-order chi connectivity index (χ0) is 23.6. The molecule has 0 aromatic heterocycles. The van der Waals surface area contributed by atoms with Gasteiger partial charge in [0.05, 0.1) is 7.11 Å². The standard InChI is InChI=1S/C16H16O3.3C4H9.Sn/c1-19-14-9-7-13(8-10-14)16(18)11-15(17)12-5-3-2-4-6-12;3*1-3-4-2;/h2-11,16-18H,1H3;3*1,3-4H2,2H3;/b15-11-;;;;. The number of hydrogen-bond acceptors (Lipinski definition) is 3. The fraction of sp³-hybridized carbons (Fsp3) is 0.500. The first-order valence-electron chi connectivity index (χ1n) is 12.2. The second kappa shape index (κ2) is 18.0. The molecular formula is C28H43O3Sn. The van der Waals surface area contributed by atoms with E-state index in [4.69, 9.17) is 4.74 Å². The van der Waals surface area contributed by atoms with E-state index in [1.165, 1.54) is 44.6 Å². The average molecular weight is 546 g/mol. The molecule has 0 bridgehead atoms. The first-order chi connectivity index (χ1) is 15.5. The smallest absolute Gasteiger partial charge is 0.121 e. The number of ether oxygens (including phenoxy) is 1. The van der Waals surface area contributed by atoms with Crippen molar-refractivity contribution in [2.75, 3.05) is 7.11 Å². The van der Waals surface area contributed by atoms with E-state index < -0.39 is 25.9 Å². The molecule has 2 rings (SSSR count). The minimum atomic E-state index is -0.855. The Morgan fingerprint density at radius 1 is 0.844 bits per heavy atom. The number of unbranched alkanes of at least 4 members (excludes halogenated alkanes) is 3. The topological polar surface area (TPSA) is 49.7 Å². The van der Waals surface area contributed by atoms with Gasteiger partial charge < -0.3 is 14.9 Å². The summed E-state index contributed by atoms with van der Waals surface area (Å²) in [5.74, 6) is 0.788. The van der Waals surface area contributed by atoms with Crippen molar-refractivity contribution in [2.24, 2.45) is 0 Å². The maximum Gasteiger partial charge on any atom is 0.121 e. The maximum atomic E-state index is 10.0. The number of aliphatic hydroxyl groups is 2. The third kappa shape index (κ3) is 12.0. The molecule has 1 atom stereocenters. The molecule has 0 fully saturated rings. The van der Waals surface area contributed by atoms with Crippen LogP contribution in [0.1, 0.15) is 76.5 Å². The summed E-state index contributed by atoms with van der Waals surface area (Å²) >= 11 is -0.839. The van der Waals surface area contributed by atoms with Crippen LogP contribution in [0, 0.1) is 0 Å². The second-order valence-corrected chi connectivity index (χ2v) is 16.8. The molecule has 1 unspecified atom stereocenters. The third-order valence-corrected chi connectivity index (χ3v) is 14.6. The molecule has 0 spiro atoms. The summed E-state index contributed by atoms with van der Waals surface area (Å²) in [6.07, 6.45) is 9.41. The number of benzene rings is 2. The largest absolute Gasteiger partial charge is 0.508 e. The summed E-state index contributed by atoms with van der Waals surface area (Å²) < 4.78 is 10.1. The van der Waals surface area contributed by atoms with Gasteiger partial charge in [-0.3, -0.25) is 0 Å². The Labute approximate surface area is 203 Å². The van der Waals surface area contributed by atoms with Crippen molar-refractivity contribution >= 4 is 25.5 Å². The molecule has 0 aliphatic heterocycles. The van der Waals surface area contributed by atoms with Crippen LogP contribution >= 0.6 is 0 Å². The van der Waals surface area contributed by atoms with Crippen LogP contribution in [-0.4, -0.2) is 37.1 Å². The number of aliphatic hydroxyl groups excluding tert-OH is 2. The molecular weight excluding hydrogens is 503 g/mol. The van der Waals surface area contributed by atoms with Crippen molar-refractivity contribution in [2.45, 2.75) is 78.7 Å². The molecule has 3 nitrogen and oxygen atoms in total. The summed E-state index contributed by atoms with van der Waals surface area (Å²) in [6.45, 7) is 7.00. The van der Waals surface area contributed by atoms with E-state index in [1.54, 1.807) is 56.8 Å². The Balaban J connectivity index is 0.000000347. The molecule has 2 aromatic rings. The first-order valence-corrected chi connectivity index (χ1v) is 18.2. The van der Waals surface area contributed by atoms with Gasteiger partial charge in [0.2, 0.25) is 0 Å². The van der Waals surface area contributed by atoms with Crippen LogP contribution in [0.4, 0.5) is 0 Å². The Morgan fingerprint density at radius 2 is 1.34 bits per heavy atom. The van der Waals surface area contributed by atoms with E-state index in [9.17, 15) is 10.2 Å². The van der Waals surface area contributed by atoms with Crippen molar-refractivity contribution in [3.05, 3.63) is 71.8 Å². The summed E-state index contributed by atoms with van der Waals surface area (Å²) in [5, 5.41) is 20.0. The monoisotopic (exact) mass is 547 g/mol. The molecule has 2 N–H and O–H groups in total. The van der Waals surface area contributed by atoms with Crippen LogP contribution in [0.5, 0.6) is 5.75 Å². The van der Waals surface area contributed by atoms with Crippen LogP contribution in [0.25, 0.3) is 5.76 Å².